The molecule has 1 N–H and O–H groups in total. The van der Waals surface area contributed by atoms with Gasteiger partial charge in [0.15, 0.2) is 0 Å². The Kier molecular flexibility index (Phi) is 4.10. The van der Waals surface area contributed by atoms with Crippen LogP contribution in [0.3, 0.4) is 0 Å². The molecule has 0 spiro atoms. The van der Waals surface area contributed by atoms with E-state index in [1.807, 2.05) is 13.0 Å². The van der Waals surface area contributed by atoms with E-state index in [1.54, 1.807) is 24.3 Å². The molecule has 1 rings (SSSR count). The number of rotatable bonds is 5. The number of aliphatic carboxylic acids is 1. The third kappa shape index (κ3) is 3.21. The highest BCUT2D eigenvalue weighted by atomic mass is 31.2. The van der Waals surface area contributed by atoms with Crippen molar-refractivity contribution in [3.05, 3.63) is 30.3 Å². The lowest BCUT2D eigenvalue weighted by Gasteiger charge is -2.15. The molecule has 0 unspecified atom stereocenters. The second-order valence-electron chi connectivity index (χ2n) is 3.50. The van der Waals surface area contributed by atoms with Crippen LogP contribution in [0.1, 0.15) is 13.3 Å². The summed E-state index contributed by atoms with van der Waals surface area (Å²) in [4.78, 5) is 10.7. The average molecular weight is 226 g/mol. The number of hydrogen-bond acceptors (Lipinski definition) is 2. The summed E-state index contributed by atoms with van der Waals surface area (Å²) >= 11 is 0. The summed E-state index contributed by atoms with van der Waals surface area (Å²) in [6.07, 6.45) is 0.952. The molecule has 0 amide bonds. The lowest BCUT2D eigenvalue weighted by molar-refractivity contribution is -0.134. The minimum atomic E-state index is -2.73. The molecule has 0 aliphatic carbocycles. The predicted molar refractivity (Wildman–Crippen MR) is 61.3 cm³/mol. The SMILES string of the molecule is CCC[P@](=O)(CC(=O)O)c1ccccc1. The zero-order valence-electron chi connectivity index (χ0n) is 8.72. The Balaban J connectivity index is 3.01. The lowest BCUT2D eigenvalue weighted by atomic mass is 10.4. The summed E-state index contributed by atoms with van der Waals surface area (Å²) in [6, 6.07) is 8.91. The summed E-state index contributed by atoms with van der Waals surface area (Å²) in [5.74, 6) is -0.990. The molecule has 1 atom stereocenters. The Hall–Kier alpha value is -1.08. The smallest absolute Gasteiger partial charge is 0.311 e. The number of carboxylic acid groups (broad SMARTS) is 1. The first-order chi connectivity index (χ1) is 7.08. The summed E-state index contributed by atoms with van der Waals surface area (Å²) < 4.78 is 12.4. The fourth-order valence-electron chi connectivity index (χ4n) is 1.58. The highest BCUT2D eigenvalue weighted by Gasteiger charge is 2.26. The molecule has 1 aromatic carbocycles. The van der Waals surface area contributed by atoms with Crippen molar-refractivity contribution < 1.29 is 14.5 Å². The van der Waals surface area contributed by atoms with Crippen LogP contribution in [0.2, 0.25) is 0 Å². The van der Waals surface area contributed by atoms with Crippen LogP contribution in [-0.4, -0.2) is 23.4 Å². The molecule has 0 fully saturated rings. The minimum absolute atomic E-state index is 0.245. The maximum atomic E-state index is 12.4. The van der Waals surface area contributed by atoms with Gasteiger partial charge in [-0.05, 0) is 6.42 Å². The van der Waals surface area contributed by atoms with Gasteiger partial charge in [0, 0.05) is 11.5 Å². The van der Waals surface area contributed by atoms with Crippen molar-refractivity contribution in [2.45, 2.75) is 13.3 Å². The Morgan fingerprint density at radius 1 is 1.33 bits per heavy atom. The van der Waals surface area contributed by atoms with E-state index in [9.17, 15) is 9.36 Å². The second kappa shape index (κ2) is 5.13. The van der Waals surface area contributed by atoms with Crippen LogP contribution in [0.4, 0.5) is 0 Å². The van der Waals surface area contributed by atoms with E-state index in [2.05, 4.69) is 0 Å². The molecule has 4 heteroatoms. The molecule has 0 saturated carbocycles. The third-order valence-corrected chi connectivity index (χ3v) is 5.39. The summed E-state index contributed by atoms with van der Waals surface area (Å²) in [5.41, 5.74) is 0. The van der Waals surface area contributed by atoms with Crippen molar-refractivity contribution in [2.24, 2.45) is 0 Å². The molecule has 0 heterocycles. The predicted octanol–water partition coefficient (Wildman–Crippen LogP) is 2.17. The molecule has 3 nitrogen and oxygen atoms in total. The molecule has 82 valence electrons. The highest BCUT2D eigenvalue weighted by molar-refractivity contribution is 7.72. The van der Waals surface area contributed by atoms with Crippen molar-refractivity contribution in [1.29, 1.82) is 0 Å². The van der Waals surface area contributed by atoms with Gasteiger partial charge in [0.05, 0.1) is 0 Å². The van der Waals surface area contributed by atoms with Gasteiger partial charge < -0.3 is 9.67 Å². The van der Waals surface area contributed by atoms with Gasteiger partial charge >= 0.3 is 5.97 Å². The van der Waals surface area contributed by atoms with E-state index in [0.717, 1.165) is 6.42 Å². The quantitative estimate of drug-likeness (QED) is 0.783. The first kappa shape index (κ1) is 12.0. The second-order valence-corrected chi connectivity index (χ2v) is 6.56. The molecule has 0 saturated heterocycles. The summed E-state index contributed by atoms with van der Waals surface area (Å²) in [7, 11) is -2.73. The van der Waals surface area contributed by atoms with Crippen molar-refractivity contribution in [3.8, 4) is 0 Å². The van der Waals surface area contributed by atoms with Gasteiger partial charge in [0.2, 0.25) is 0 Å². The van der Waals surface area contributed by atoms with Gasteiger partial charge in [0.1, 0.15) is 13.3 Å². The van der Waals surface area contributed by atoms with E-state index in [1.165, 1.54) is 0 Å². The van der Waals surface area contributed by atoms with Gasteiger partial charge in [0.25, 0.3) is 0 Å². The molecule has 1 aromatic rings. The fraction of sp³-hybridized carbons (Fsp3) is 0.364. The van der Waals surface area contributed by atoms with Gasteiger partial charge in [-0.15, -0.1) is 0 Å². The number of carbonyl (C=O) groups is 1. The number of carboxylic acids is 1. The van der Waals surface area contributed by atoms with E-state index < -0.39 is 13.1 Å². The number of benzene rings is 1. The van der Waals surface area contributed by atoms with Crippen LogP contribution in [0, 0.1) is 0 Å². The van der Waals surface area contributed by atoms with Gasteiger partial charge in [-0.3, -0.25) is 4.79 Å². The molecule has 0 aromatic heterocycles. The first-order valence-corrected chi connectivity index (χ1v) is 7.01. The van der Waals surface area contributed by atoms with Crippen LogP contribution >= 0.6 is 7.14 Å². The Morgan fingerprint density at radius 2 is 1.93 bits per heavy atom. The summed E-state index contributed by atoms with van der Waals surface area (Å²) in [5, 5.41) is 9.44. The minimum Gasteiger partial charge on any atom is -0.481 e. The number of hydrogen-bond donors (Lipinski definition) is 1. The standard InChI is InChI=1S/C11H15O3P/c1-2-8-15(14,9-11(12)13)10-6-4-3-5-7-10/h3-7H,2,8-9H2,1H3,(H,12,13)/t15-/m0/s1. The van der Waals surface area contributed by atoms with Crippen LogP contribution < -0.4 is 5.30 Å². The highest BCUT2D eigenvalue weighted by Crippen LogP contribution is 2.44. The van der Waals surface area contributed by atoms with E-state index in [-0.39, 0.29) is 6.16 Å². The van der Waals surface area contributed by atoms with Gasteiger partial charge in [-0.1, -0.05) is 37.3 Å². The largest absolute Gasteiger partial charge is 0.481 e. The zero-order valence-corrected chi connectivity index (χ0v) is 9.61. The van der Waals surface area contributed by atoms with Crippen molar-refractivity contribution >= 4 is 18.4 Å². The van der Waals surface area contributed by atoms with Crippen LogP contribution in [0.15, 0.2) is 30.3 Å². The molecule has 0 aliphatic heterocycles. The van der Waals surface area contributed by atoms with E-state index in [0.29, 0.717) is 11.5 Å². The first-order valence-electron chi connectivity index (χ1n) is 4.94. The van der Waals surface area contributed by atoms with Crippen molar-refractivity contribution in [3.63, 3.8) is 0 Å². The van der Waals surface area contributed by atoms with E-state index in [4.69, 9.17) is 5.11 Å². The molecule has 15 heavy (non-hydrogen) atoms. The fourth-order valence-corrected chi connectivity index (χ4v) is 4.05. The molecule has 0 bridgehead atoms. The van der Waals surface area contributed by atoms with Gasteiger partial charge in [-0.2, -0.15) is 0 Å². The van der Waals surface area contributed by atoms with Crippen molar-refractivity contribution in [1.82, 2.24) is 0 Å². The third-order valence-electron chi connectivity index (χ3n) is 2.20. The average Bonchev–Trinajstić information content (AvgIpc) is 2.18. The Morgan fingerprint density at radius 3 is 2.40 bits per heavy atom. The van der Waals surface area contributed by atoms with Crippen LogP contribution in [0.5, 0.6) is 0 Å². The molecular weight excluding hydrogens is 211 g/mol. The molecular formula is C11H15O3P. The normalized spacial score (nSPS) is 14.5. The molecule has 0 aliphatic rings. The maximum absolute atomic E-state index is 12.4. The zero-order chi connectivity index (χ0) is 11.3. The molecule has 0 radical (unpaired) electrons. The maximum Gasteiger partial charge on any atom is 0.311 e. The Labute approximate surface area is 89.5 Å². The van der Waals surface area contributed by atoms with Gasteiger partial charge in [-0.25, -0.2) is 0 Å². The van der Waals surface area contributed by atoms with Crippen molar-refractivity contribution in [2.75, 3.05) is 12.3 Å². The van der Waals surface area contributed by atoms with Crippen LogP contribution in [0.25, 0.3) is 0 Å². The topological polar surface area (TPSA) is 54.4 Å². The van der Waals surface area contributed by atoms with E-state index >= 15 is 0 Å². The Bertz CT molecular complexity index is 373. The lowest BCUT2D eigenvalue weighted by Crippen LogP contribution is -2.15. The summed E-state index contributed by atoms with van der Waals surface area (Å²) in [6.45, 7) is 1.91. The van der Waals surface area contributed by atoms with Crippen LogP contribution in [-0.2, 0) is 9.36 Å². The monoisotopic (exact) mass is 226 g/mol.